The molecule has 0 saturated carbocycles. The van der Waals surface area contributed by atoms with Crippen molar-refractivity contribution in [2.75, 3.05) is 18.1 Å². The van der Waals surface area contributed by atoms with Gasteiger partial charge in [0.05, 0.1) is 13.2 Å². The lowest BCUT2D eigenvalue weighted by Crippen LogP contribution is -2.52. The molecule has 2 aliphatic rings. The van der Waals surface area contributed by atoms with Crippen molar-refractivity contribution in [1.29, 1.82) is 0 Å². The number of benzene rings is 1. The van der Waals surface area contributed by atoms with Crippen LogP contribution < -0.4 is 4.90 Å². The molecule has 0 amide bonds. The lowest BCUT2D eigenvalue weighted by atomic mass is 9.90. The molecule has 2 heterocycles. The number of aliphatic hydroxyl groups excluding tert-OH is 1. The van der Waals surface area contributed by atoms with Crippen LogP contribution in [0.15, 0.2) is 54.3 Å². The van der Waals surface area contributed by atoms with Crippen LogP contribution in [0.4, 0.5) is 5.69 Å². The van der Waals surface area contributed by atoms with Crippen molar-refractivity contribution >= 4 is 5.69 Å². The van der Waals surface area contributed by atoms with Gasteiger partial charge in [0.15, 0.2) is 0 Å². The molecule has 1 atom stereocenters. The average molecular weight is 245 g/mol. The Morgan fingerprint density at radius 3 is 2.56 bits per heavy atom. The largest absolute Gasteiger partial charge is 0.380 e. The van der Waals surface area contributed by atoms with Gasteiger partial charge in [0.2, 0.25) is 0 Å². The fourth-order valence-corrected chi connectivity index (χ4v) is 2.12. The molecular weight excluding hydrogens is 230 g/mol. The van der Waals surface area contributed by atoms with Crippen molar-refractivity contribution < 1.29 is 14.9 Å². The lowest BCUT2D eigenvalue weighted by Gasteiger charge is -2.40. The van der Waals surface area contributed by atoms with Gasteiger partial charge in [0.25, 0.3) is 0 Å². The molecule has 1 unspecified atom stereocenters. The standard InChI is InChI=1S/C14H15NO3/c16-13-7-6-11(14(17)9-18-10-14)8-15(13)12-4-2-1-3-5-12/h1-8,13,16-17H,9-10H2. The highest BCUT2D eigenvalue weighted by Gasteiger charge is 2.40. The minimum atomic E-state index is -0.913. The second-order valence-corrected chi connectivity index (χ2v) is 4.62. The van der Waals surface area contributed by atoms with Gasteiger partial charge in [-0.25, -0.2) is 0 Å². The molecule has 3 rings (SSSR count). The monoisotopic (exact) mass is 245 g/mol. The Morgan fingerprint density at radius 2 is 1.94 bits per heavy atom. The van der Waals surface area contributed by atoms with E-state index >= 15 is 0 Å². The van der Waals surface area contributed by atoms with Crippen LogP contribution in [-0.2, 0) is 4.74 Å². The summed E-state index contributed by atoms with van der Waals surface area (Å²) in [5.74, 6) is 0. The van der Waals surface area contributed by atoms with Crippen LogP contribution >= 0.6 is 0 Å². The highest BCUT2D eigenvalue weighted by Crippen LogP contribution is 2.31. The van der Waals surface area contributed by atoms with Gasteiger partial charge in [-0.1, -0.05) is 24.3 Å². The molecule has 2 N–H and O–H groups in total. The van der Waals surface area contributed by atoms with Gasteiger partial charge in [-0.15, -0.1) is 0 Å². The molecule has 1 saturated heterocycles. The van der Waals surface area contributed by atoms with Crippen molar-refractivity contribution in [3.63, 3.8) is 0 Å². The van der Waals surface area contributed by atoms with Gasteiger partial charge in [-0.3, -0.25) is 0 Å². The zero-order valence-electron chi connectivity index (χ0n) is 9.86. The molecule has 4 heteroatoms. The van der Waals surface area contributed by atoms with E-state index in [4.69, 9.17) is 4.74 Å². The maximum absolute atomic E-state index is 10.2. The van der Waals surface area contributed by atoms with Gasteiger partial charge in [-0.2, -0.15) is 0 Å². The summed E-state index contributed by atoms with van der Waals surface area (Å²) in [7, 11) is 0. The van der Waals surface area contributed by atoms with E-state index in [1.54, 1.807) is 23.3 Å². The average Bonchev–Trinajstić information content (AvgIpc) is 2.37. The third-order valence-electron chi connectivity index (χ3n) is 3.28. The first kappa shape index (κ1) is 11.5. The first-order chi connectivity index (χ1) is 8.69. The number of aliphatic hydroxyl groups is 2. The van der Waals surface area contributed by atoms with Crippen LogP contribution in [-0.4, -0.2) is 35.3 Å². The summed E-state index contributed by atoms with van der Waals surface area (Å²) in [6.45, 7) is 0.615. The lowest BCUT2D eigenvalue weighted by molar-refractivity contribution is -0.152. The Kier molecular flexibility index (Phi) is 2.70. The number of nitrogens with zero attached hydrogens (tertiary/aromatic N) is 1. The maximum Gasteiger partial charge on any atom is 0.150 e. The maximum atomic E-state index is 10.2. The van der Waals surface area contributed by atoms with Gasteiger partial charge in [0, 0.05) is 17.5 Å². The van der Waals surface area contributed by atoms with Crippen molar-refractivity contribution in [3.8, 4) is 0 Å². The molecular formula is C14H15NO3. The minimum Gasteiger partial charge on any atom is -0.380 e. The molecule has 0 spiro atoms. The van der Waals surface area contributed by atoms with Crippen LogP contribution in [0.5, 0.6) is 0 Å². The Bertz CT molecular complexity index is 491. The second-order valence-electron chi connectivity index (χ2n) is 4.62. The number of hydrogen-bond acceptors (Lipinski definition) is 4. The van der Waals surface area contributed by atoms with E-state index in [9.17, 15) is 10.2 Å². The third-order valence-corrected chi connectivity index (χ3v) is 3.28. The molecule has 0 aliphatic carbocycles. The highest BCUT2D eigenvalue weighted by atomic mass is 16.5. The van der Waals surface area contributed by atoms with E-state index in [1.165, 1.54) is 0 Å². The van der Waals surface area contributed by atoms with Crippen LogP contribution in [0.1, 0.15) is 0 Å². The predicted octanol–water partition coefficient (Wildman–Crippen LogP) is 1.03. The van der Waals surface area contributed by atoms with Gasteiger partial charge in [0.1, 0.15) is 11.8 Å². The summed E-state index contributed by atoms with van der Waals surface area (Å²) in [5.41, 5.74) is 0.738. The molecule has 0 aromatic heterocycles. The Hall–Kier alpha value is -1.62. The van der Waals surface area contributed by atoms with Crippen molar-refractivity contribution in [3.05, 3.63) is 54.3 Å². The Morgan fingerprint density at radius 1 is 1.22 bits per heavy atom. The van der Waals surface area contributed by atoms with Crippen LogP contribution in [0, 0.1) is 0 Å². The van der Waals surface area contributed by atoms with Crippen LogP contribution in [0.3, 0.4) is 0 Å². The van der Waals surface area contributed by atoms with E-state index in [1.807, 2.05) is 30.3 Å². The molecule has 1 fully saturated rings. The second kappa shape index (κ2) is 4.24. The van der Waals surface area contributed by atoms with Gasteiger partial charge < -0.3 is 19.8 Å². The van der Waals surface area contributed by atoms with E-state index in [-0.39, 0.29) is 0 Å². The van der Waals surface area contributed by atoms with E-state index in [0.29, 0.717) is 13.2 Å². The Balaban J connectivity index is 1.92. The molecule has 0 bridgehead atoms. The van der Waals surface area contributed by atoms with Gasteiger partial charge in [-0.05, 0) is 18.2 Å². The first-order valence-electron chi connectivity index (χ1n) is 5.91. The quantitative estimate of drug-likeness (QED) is 0.817. The summed E-state index contributed by atoms with van der Waals surface area (Å²) >= 11 is 0. The van der Waals surface area contributed by atoms with Crippen LogP contribution in [0.25, 0.3) is 0 Å². The number of hydrogen-bond donors (Lipinski definition) is 2. The number of anilines is 1. The minimum absolute atomic E-state index is 0.307. The Labute approximate surface area is 105 Å². The molecule has 4 nitrogen and oxygen atoms in total. The fourth-order valence-electron chi connectivity index (χ4n) is 2.12. The van der Waals surface area contributed by atoms with Crippen molar-refractivity contribution in [2.24, 2.45) is 0 Å². The van der Waals surface area contributed by atoms with E-state index in [0.717, 1.165) is 11.3 Å². The predicted molar refractivity (Wildman–Crippen MR) is 67.9 cm³/mol. The summed E-state index contributed by atoms with van der Waals surface area (Å²) in [6, 6.07) is 9.58. The summed E-state index contributed by atoms with van der Waals surface area (Å²) in [4.78, 5) is 1.73. The van der Waals surface area contributed by atoms with E-state index < -0.39 is 11.8 Å². The highest BCUT2D eigenvalue weighted by molar-refractivity contribution is 5.54. The third kappa shape index (κ3) is 1.84. The molecule has 1 aromatic rings. The molecule has 2 aliphatic heterocycles. The first-order valence-corrected chi connectivity index (χ1v) is 5.91. The summed E-state index contributed by atoms with van der Waals surface area (Å²) < 4.78 is 5.05. The van der Waals surface area contributed by atoms with Crippen LogP contribution in [0.2, 0.25) is 0 Å². The topological polar surface area (TPSA) is 52.9 Å². The normalized spacial score (nSPS) is 25.6. The summed E-state index contributed by atoms with van der Waals surface area (Å²) in [5, 5.41) is 20.2. The fraction of sp³-hybridized carbons (Fsp3) is 0.286. The number of ether oxygens (including phenoxy) is 1. The number of rotatable bonds is 2. The van der Waals surface area contributed by atoms with Crippen molar-refractivity contribution in [1.82, 2.24) is 0 Å². The SMILES string of the molecule is OC1C=CC(C2(O)COC2)=CN1c1ccccc1. The smallest absolute Gasteiger partial charge is 0.150 e. The van der Waals surface area contributed by atoms with Crippen molar-refractivity contribution in [2.45, 2.75) is 11.8 Å². The molecule has 1 aromatic carbocycles. The van der Waals surface area contributed by atoms with E-state index in [2.05, 4.69) is 0 Å². The molecule has 94 valence electrons. The van der Waals surface area contributed by atoms with Gasteiger partial charge >= 0.3 is 0 Å². The molecule has 18 heavy (non-hydrogen) atoms. The zero-order valence-corrected chi connectivity index (χ0v) is 9.86. The summed E-state index contributed by atoms with van der Waals surface area (Å²) in [6.07, 6.45) is 4.49. The zero-order chi connectivity index (χ0) is 12.6. The molecule has 0 radical (unpaired) electrons. The number of para-hydroxylation sites is 1.